The molecule has 0 N–H and O–H groups in total. The van der Waals surface area contributed by atoms with Crippen LogP contribution in [-0.2, 0) is 0 Å². The van der Waals surface area contributed by atoms with Crippen LogP contribution in [0.15, 0.2) is 48.6 Å². The molecule has 0 saturated carbocycles. The highest BCUT2D eigenvalue weighted by Gasteiger charge is 2.37. The number of hydrogen-bond donors (Lipinski definition) is 0. The zero-order chi connectivity index (χ0) is 12.3. The lowest BCUT2D eigenvalue weighted by Crippen LogP contribution is -2.35. The van der Waals surface area contributed by atoms with Gasteiger partial charge in [0.25, 0.3) is 0 Å². The van der Waals surface area contributed by atoms with Crippen molar-refractivity contribution in [1.82, 2.24) is 0 Å². The summed E-state index contributed by atoms with van der Waals surface area (Å²) in [4.78, 5) is 0. The molecule has 2 unspecified atom stereocenters. The molecule has 0 aromatic rings. The van der Waals surface area contributed by atoms with Gasteiger partial charge in [-0.25, -0.2) is 0 Å². The number of rotatable bonds is 2. The van der Waals surface area contributed by atoms with Gasteiger partial charge in [-0.2, -0.15) is 0 Å². The first kappa shape index (κ1) is 12.6. The summed E-state index contributed by atoms with van der Waals surface area (Å²) in [7, 11) is -0.861. The van der Waals surface area contributed by atoms with E-state index in [1.807, 2.05) is 0 Å². The summed E-state index contributed by atoms with van der Waals surface area (Å²) in [6, 6.07) is 0. The topological polar surface area (TPSA) is 0 Å². The quantitative estimate of drug-likeness (QED) is 0.613. The Morgan fingerprint density at radius 1 is 0.824 bits per heavy atom. The minimum atomic E-state index is -0.861. The number of allylic oxidation sites excluding steroid dienone is 8. The van der Waals surface area contributed by atoms with Crippen LogP contribution in [0.4, 0.5) is 0 Å². The van der Waals surface area contributed by atoms with E-state index in [0.717, 1.165) is 11.1 Å². The zero-order valence-electron chi connectivity index (χ0n) is 11.3. The Morgan fingerprint density at radius 2 is 1.29 bits per heavy atom. The summed E-state index contributed by atoms with van der Waals surface area (Å²) in [5.74, 6) is 0. The van der Waals surface area contributed by atoms with E-state index in [-0.39, 0.29) is 0 Å². The lowest BCUT2D eigenvalue weighted by atomic mass is 10.2. The molecule has 0 bridgehead atoms. The van der Waals surface area contributed by atoms with Gasteiger partial charge in [0.2, 0.25) is 0 Å². The maximum atomic E-state index is 2.47. The smallest absolute Gasteiger partial charge is 0.0573 e. The van der Waals surface area contributed by atoms with Crippen molar-refractivity contribution in [2.45, 2.75) is 49.7 Å². The summed E-state index contributed by atoms with van der Waals surface area (Å²) in [5.41, 5.74) is 1.67. The van der Waals surface area contributed by atoms with Crippen LogP contribution in [0.1, 0.15) is 33.6 Å². The van der Waals surface area contributed by atoms with Crippen molar-refractivity contribution in [2.75, 3.05) is 0 Å². The van der Waals surface area contributed by atoms with Crippen LogP contribution < -0.4 is 0 Å². The van der Waals surface area contributed by atoms with Gasteiger partial charge in [0.15, 0.2) is 0 Å². The molecule has 0 fully saturated rings. The fourth-order valence-electron chi connectivity index (χ4n) is 3.33. The third-order valence-corrected chi connectivity index (χ3v) is 8.78. The van der Waals surface area contributed by atoms with Gasteiger partial charge < -0.3 is 0 Å². The van der Waals surface area contributed by atoms with Gasteiger partial charge in [0.1, 0.15) is 0 Å². The largest absolute Gasteiger partial charge is 0.0843 e. The van der Waals surface area contributed by atoms with Gasteiger partial charge in [-0.3, -0.25) is 0 Å². The maximum absolute atomic E-state index is 2.47. The van der Waals surface area contributed by atoms with Crippen molar-refractivity contribution in [3.05, 3.63) is 48.6 Å². The molecule has 2 aliphatic rings. The Bertz CT molecular complexity index is 335. The Morgan fingerprint density at radius 3 is 1.59 bits per heavy atom. The summed E-state index contributed by atoms with van der Waals surface area (Å²) >= 11 is 0. The SMILES string of the molecule is CC(C)(C)[SiH](C1C=CC=CC1)C1C=CC=CC1. The van der Waals surface area contributed by atoms with Crippen LogP contribution in [0.25, 0.3) is 0 Å². The predicted octanol–water partition coefficient (Wildman–Crippen LogP) is 4.79. The van der Waals surface area contributed by atoms with E-state index < -0.39 is 8.80 Å². The minimum absolute atomic E-state index is 0.500. The van der Waals surface area contributed by atoms with E-state index in [4.69, 9.17) is 0 Å². The Labute approximate surface area is 107 Å². The Kier molecular flexibility index (Phi) is 3.88. The van der Waals surface area contributed by atoms with Crippen LogP contribution in [0.5, 0.6) is 0 Å². The number of hydrogen-bond acceptors (Lipinski definition) is 0. The van der Waals surface area contributed by atoms with Crippen LogP contribution >= 0.6 is 0 Å². The summed E-state index contributed by atoms with van der Waals surface area (Å²) < 4.78 is 0. The van der Waals surface area contributed by atoms with Crippen molar-refractivity contribution in [2.24, 2.45) is 0 Å². The van der Waals surface area contributed by atoms with Crippen LogP contribution in [0.2, 0.25) is 16.1 Å². The molecule has 0 aromatic carbocycles. The van der Waals surface area contributed by atoms with E-state index in [1.54, 1.807) is 0 Å². The second-order valence-corrected chi connectivity index (χ2v) is 10.8. The molecule has 0 radical (unpaired) electrons. The zero-order valence-corrected chi connectivity index (χ0v) is 12.4. The first-order valence-corrected chi connectivity index (χ1v) is 8.67. The normalized spacial score (nSPS) is 29.6. The lowest BCUT2D eigenvalue weighted by Gasteiger charge is -2.39. The molecule has 0 aliphatic heterocycles. The van der Waals surface area contributed by atoms with Gasteiger partial charge in [-0.15, -0.1) is 0 Å². The first-order chi connectivity index (χ1) is 8.09. The fraction of sp³-hybridized carbons (Fsp3) is 0.500. The van der Waals surface area contributed by atoms with Crippen molar-refractivity contribution in [3.8, 4) is 0 Å². The van der Waals surface area contributed by atoms with Gasteiger partial charge >= 0.3 is 0 Å². The van der Waals surface area contributed by atoms with Crippen molar-refractivity contribution < 1.29 is 0 Å². The van der Waals surface area contributed by atoms with E-state index in [1.165, 1.54) is 12.8 Å². The fourth-order valence-corrected chi connectivity index (χ4v) is 8.17. The highest BCUT2D eigenvalue weighted by atomic mass is 28.3. The lowest BCUT2D eigenvalue weighted by molar-refractivity contribution is 0.691. The second-order valence-electron chi connectivity index (χ2n) is 6.32. The molecule has 0 amide bonds. The molecule has 92 valence electrons. The molecule has 2 aliphatic carbocycles. The van der Waals surface area contributed by atoms with Gasteiger partial charge in [-0.1, -0.05) is 69.4 Å². The molecule has 0 aromatic heterocycles. The van der Waals surface area contributed by atoms with Gasteiger partial charge in [-0.05, 0) is 29.0 Å². The monoisotopic (exact) mass is 244 g/mol. The predicted molar refractivity (Wildman–Crippen MR) is 80.2 cm³/mol. The van der Waals surface area contributed by atoms with Gasteiger partial charge in [0.05, 0.1) is 8.80 Å². The molecular weight excluding hydrogens is 220 g/mol. The summed E-state index contributed by atoms with van der Waals surface area (Å²) in [6.07, 6.45) is 21.0. The van der Waals surface area contributed by atoms with Crippen molar-refractivity contribution >= 4 is 8.80 Å². The second kappa shape index (κ2) is 5.22. The molecule has 17 heavy (non-hydrogen) atoms. The molecule has 2 atom stereocenters. The van der Waals surface area contributed by atoms with Crippen LogP contribution in [0, 0.1) is 0 Å². The third kappa shape index (κ3) is 3.10. The average Bonchev–Trinajstić information content (AvgIpc) is 2.30. The van der Waals surface area contributed by atoms with E-state index in [2.05, 4.69) is 69.4 Å². The third-order valence-electron chi connectivity index (χ3n) is 3.95. The van der Waals surface area contributed by atoms with E-state index >= 15 is 0 Å². The van der Waals surface area contributed by atoms with Crippen LogP contribution in [-0.4, -0.2) is 8.80 Å². The van der Waals surface area contributed by atoms with Gasteiger partial charge in [0, 0.05) is 0 Å². The first-order valence-electron chi connectivity index (χ1n) is 6.76. The van der Waals surface area contributed by atoms with E-state index in [0.29, 0.717) is 5.04 Å². The molecule has 0 nitrogen and oxygen atoms in total. The maximum Gasteiger partial charge on any atom is 0.0573 e. The summed E-state index contributed by atoms with van der Waals surface area (Å²) in [5, 5.41) is 0.500. The molecule has 0 saturated heterocycles. The highest BCUT2D eigenvalue weighted by Crippen LogP contribution is 2.45. The average molecular weight is 244 g/mol. The standard InChI is InChI=1S/C16H24Si/c1-16(2,3)17(14-10-6-4-7-11-14)15-12-8-5-9-13-15/h4-10,12,14-15,17H,11,13H2,1-3H3. The molecule has 0 spiro atoms. The summed E-state index contributed by atoms with van der Waals surface area (Å²) in [6.45, 7) is 7.34. The minimum Gasteiger partial charge on any atom is -0.0843 e. The Hall–Kier alpha value is -0.823. The van der Waals surface area contributed by atoms with Crippen molar-refractivity contribution in [1.29, 1.82) is 0 Å². The van der Waals surface area contributed by atoms with Crippen LogP contribution in [0.3, 0.4) is 0 Å². The molecule has 2 rings (SSSR count). The Balaban J connectivity index is 2.19. The highest BCUT2D eigenvalue weighted by molar-refractivity contribution is 6.66. The molecular formula is C16H24Si. The van der Waals surface area contributed by atoms with Crippen molar-refractivity contribution in [3.63, 3.8) is 0 Å². The molecule has 0 heterocycles. The molecule has 1 heteroatoms. The van der Waals surface area contributed by atoms with E-state index in [9.17, 15) is 0 Å².